The summed E-state index contributed by atoms with van der Waals surface area (Å²) in [5, 5.41) is 12.2. The molecule has 4 aromatic rings. The molecule has 0 aliphatic heterocycles. The fraction of sp³-hybridized carbons (Fsp3) is 0.192. The summed E-state index contributed by atoms with van der Waals surface area (Å²) >= 11 is 0. The van der Waals surface area contributed by atoms with Crippen molar-refractivity contribution in [3.05, 3.63) is 101 Å². The first-order valence-electron chi connectivity index (χ1n) is 10.6. The summed E-state index contributed by atoms with van der Waals surface area (Å²) in [5.41, 5.74) is 6.97. The molecule has 32 heavy (non-hydrogen) atoms. The molecular formula is C26H27N5O. The fourth-order valence-corrected chi connectivity index (χ4v) is 3.71. The van der Waals surface area contributed by atoms with Gasteiger partial charge in [0, 0.05) is 48.2 Å². The zero-order chi connectivity index (χ0) is 22.5. The minimum atomic E-state index is -0.150. The van der Waals surface area contributed by atoms with Gasteiger partial charge >= 0.3 is 0 Å². The predicted octanol–water partition coefficient (Wildman–Crippen LogP) is 4.28. The maximum Gasteiger partial charge on any atom is 0.244 e. The topological polar surface area (TPSA) is 64.7 Å². The van der Waals surface area contributed by atoms with E-state index in [4.69, 9.17) is 5.10 Å². The third-order valence-corrected chi connectivity index (χ3v) is 5.49. The van der Waals surface area contributed by atoms with Crippen molar-refractivity contribution >= 4 is 12.0 Å². The van der Waals surface area contributed by atoms with Crippen LogP contribution in [0.2, 0.25) is 0 Å². The standard InChI is InChI=1S/C26H27N5O/c1-19-24(20(2)30(3)28-19)14-15-25(32)27-16-23-18-31(17-21-10-6-4-7-11-21)29-26(23)22-12-8-5-9-13-22/h4-15,18H,16-17H2,1-3H3,(H,27,32)/b15-14+. The van der Waals surface area contributed by atoms with Gasteiger partial charge in [-0.15, -0.1) is 0 Å². The second-order valence-electron chi connectivity index (χ2n) is 7.81. The Balaban J connectivity index is 1.51. The highest BCUT2D eigenvalue weighted by Gasteiger charge is 2.12. The molecule has 0 saturated carbocycles. The lowest BCUT2D eigenvalue weighted by atomic mass is 10.1. The average Bonchev–Trinajstić information content (AvgIpc) is 3.31. The van der Waals surface area contributed by atoms with Gasteiger partial charge in [0.1, 0.15) is 0 Å². The van der Waals surface area contributed by atoms with E-state index >= 15 is 0 Å². The third-order valence-electron chi connectivity index (χ3n) is 5.49. The van der Waals surface area contributed by atoms with E-state index in [9.17, 15) is 4.79 Å². The zero-order valence-corrected chi connectivity index (χ0v) is 18.6. The van der Waals surface area contributed by atoms with E-state index in [1.165, 1.54) is 5.56 Å². The van der Waals surface area contributed by atoms with Gasteiger partial charge < -0.3 is 5.32 Å². The minimum absolute atomic E-state index is 0.150. The lowest BCUT2D eigenvalue weighted by Crippen LogP contribution is -2.20. The molecule has 0 spiro atoms. The summed E-state index contributed by atoms with van der Waals surface area (Å²) in [4.78, 5) is 12.5. The number of aromatic nitrogens is 4. The molecule has 0 aliphatic rings. The normalized spacial score (nSPS) is 11.2. The molecule has 0 unspecified atom stereocenters. The summed E-state index contributed by atoms with van der Waals surface area (Å²) in [7, 11) is 1.90. The van der Waals surface area contributed by atoms with E-state index in [0.717, 1.165) is 33.8 Å². The van der Waals surface area contributed by atoms with Crippen LogP contribution in [0.15, 0.2) is 72.9 Å². The van der Waals surface area contributed by atoms with Gasteiger partial charge in [-0.25, -0.2) is 0 Å². The van der Waals surface area contributed by atoms with E-state index in [-0.39, 0.29) is 5.91 Å². The molecule has 0 atom stereocenters. The Hall–Kier alpha value is -3.93. The Morgan fingerprint density at radius 2 is 1.69 bits per heavy atom. The molecule has 1 amide bonds. The highest BCUT2D eigenvalue weighted by molar-refractivity contribution is 5.92. The van der Waals surface area contributed by atoms with Crippen LogP contribution in [0.3, 0.4) is 0 Å². The van der Waals surface area contributed by atoms with Crippen LogP contribution in [0.5, 0.6) is 0 Å². The number of aryl methyl sites for hydroxylation is 2. The largest absolute Gasteiger partial charge is 0.348 e. The van der Waals surface area contributed by atoms with Crippen molar-refractivity contribution in [2.45, 2.75) is 26.9 Å². The molecule has 2 heterocycles. The molecule has 2 aromatic heterocycles. The number of nitrogens with one attached hydrogen (secondary N) is 1. The SMILES string of the molecule is Cc1nn(C)c(C)c1/C=C/C(=O)NCc1cn(Cc2ccccc2)nc1-c1ccccc1. The second-order valence-corrected chi connectivity index (χ2v) is 7.81. The van der Waals surface area contributed by atoms with Crippen molar-refractivity contribution in [2.24, 2.45) is 7.05 Å². The van der Waals surface area contributed by atoms with Crippen LogP contribution in [-0.4, -0.2) is 25.5 Å². The number of amides is 1. The summed E-state index contributed by atoms with van der Waals surface area (Å²) < 4.78 is 3.75. The van der Waals surface area contributed by atoms with Crippen LogP contribution in [0, 0.1) is 13.8 Å². The molecular weight excluding hydrogens is 398 g/mol. The van der Waals surface area contributed by atoms with Crippen LogP contribution in [0.1, 0.15) is 28.1 Å². The van der Waals surface area contributed by atoms with Crippen molar-refractivity contribution in [3.8, 4) is 11.3 Å². The van der Waals surface area contributed by atoms with Crippen molar-refractivity contribution in [1.82, 2.24) is 24.9 Å². The first kappa shape index (κ1) is 21.3. The lowest BCUT2D eigenvalue weighted by Gasteiger charge is -2.03. The Labute approximate surface area is 188 Å². The summed E-state index contributed by atoms with van der Waals surface area (Å²) in [5.74, 6) is -0.150. The highest BCUT2D eigenvalue weighted by Crippen LogP contribution is 2.22. The minimum Gasteiger partial charge on any atom is -0.348 e. The summed E-state index contributed by atoms with van der Waals surface area (Å²) in [6.45, 7) is 5.00. The number of carbonyl (C=O) groups excluding carboxylic acids is 1. The molecule has 4 rings (SSSR count). The van der Waals surface area contributed by atoms with Crippen LogP contribution < -0.4 is 5.32 Å². The molecule has 0 radical (unpaired) electrons. The predicted molar refractivity (Wildman–Crippen MR) is 127 cm³/mol. The fourth-order valence-electron chi connectivity index (χ4n) is 3.71. The molecule has 0 saturated heterocycles. The van der Waals surface area contributed by atoms with Gasteiger partial charge in [0.25, 0.3) is 0 Å². The number of benzene rings is 2. The first-order chi connectivity index (χ1) is 15.5. The van der Waals surface area contributed by atoms with E-state index in [2.05, 4.69) is 22.5 Å². The number of rotatable bonds is 7. The Bertz CT molecular complexity index is 1240. The Kier molecular flexibility index (Phi) is 6.31. The van der Waals surface area contributed by atoms with Gasteiger partial charge in [-0.3, -0.25) is 14.2 Å². The van der Waals surface area contributed by atoms with Crippen molar-refractivity contribution in [3.63, 3.8) is 0 Å². The quantitative estimate of drug-likeness (QED) is 0.450. The average molecular weight is 426 g/mol. The van der Waals surface area contributed by atoms with Crippen LogP contribution >= 0.6 is 0 Å². The molecule has 1 N–H and O–H groups in total. The van der Waals surface area contributed by atoms with E-state index in [1.807, 2.05) is 91.1 Å². The summed E-state index contributed by atoms with van der Waals surface area (Å²) in [6.07, 6.45) is 5.40. The molecule has 6 nitrogen and oxygen atoms in total. The van der Waals surface area contributed by atoms with Crippen molar-refractivity contribution in [2.75, 3.05) is 0 Å². The zero-order valence-electron chi connectivity index (χ0n) is 18.6. The van der Waals surface area contributed by atoms with Crippen molar-refractivity contribution in [1.29, 1.82) is 0 Å². The van der Waals surface area contributed by atoms with Gasteiger partial charge in [0.05, 0.1) is 17.9 Å². The molecule has 0 bridgehead atoms. The van der Waals surface area contributed by atoms with Crippen molar-refractivity contribution < 1.29 is 4.79 Å². The Morgan fingerprint density at radius 3 is 2.34 bits per heavy atom. The molecule has 6 heteroatoms. The maximum atomic E-state index is 12.5. The maximum absolute atomic E-state index is 12.5. The summed E-state index contributed by atoms with van der Waals surface area (Å²) in [6, 6.07) is 20.3. The monoisotopic (exact) mass is 425 g/mol. The number of nitrogens with zero attached hydrogens (tertiary/aromatic N) is 4. The van der Waals surface area contributed by atoms with E-state index < -0.39 is 0 Å². The molecule has 0 fully saturated rings. The van der Waals surface area contributed by atoms with Gasteiger partial charge in [0.2, 0.25) is 5.91 Å². The smallest absolute Gasteiger partial charge is 0.244 e. The van der Waals surface area contributed by atoms with Gasteiger partial charge in [-0.1, -0.05) is 60.7 Å². The lowest BCUT2D eigenvalue weighted by molar-refractivity contribution is -0.116. The molecule has 0 aliphatic carbocycles. The second kappa shape index (κ2) is 9.47. The molecule has 162 valence electrons. The Morgan fingerprint density at radius 1 is 1.00 bits per heavy atom. The number of carbonyl (C=O) groups is 1. The number of hydrogen-bond acceptors (Lipinski definition) is 3. The van der Waals surface area contributed by atoms with E-state index in [0.29, 0.717) is 13.1 Å². The van der Waals surface area contributed by atoms with Crippen LogP contribution in [0.25, 0.3) is 17.3 Å². The highest BCUT2D eigenvalue weighted by atomic mass is 16.1. The first-order valence-corrected chi connectivity index (χ1v) is 10.6. The van der Waals surface area contributed by atoms with Crippen LogP contribution in [0.4, 0.5) is 0 Å². The van der Waals surface area contributed by atoms with Crippen LogP contribution in [-0.2, 0) is 24.9 Å². The van der Waals surface area contributed by atoms with Gasteiger partial charge in [0.15, 0.2) is 0 Å². The van der Waals surface area contributed by atoms with E-state index in [1.54, 1.807) is 6.08 Å². The number of hydrogen-bond donors (Lipinski definition) is 1. The van der Waals surface area contributed by atoms with Gasteiger partial charge in [-0.05, 0) is 25.5 Å². The van der Waals surface area contributed by atoms with Gasteiger partial charge in [-0.2, -0.15) is 10.2 Å². The molecule has 2 aromatic carbocycles. The third kappa shape index (κ3) is 4.86.